The van der Waals surface area contributed by atoms with E-state index in [2.05, 4.69) is 15.6 Å². The Kier molecular flexibility index (Phi) is 4.94. The smallest absolute Gasteiger partial charge is 0.325 e. The summed E-state index contributed by atoms with van der Waals surface area (Å²) in [6.07, 6.45) is 2.11. The number of H-pyrrole nitrogens is 1. The number of rotatable bonds is 5. The molecule has 29 heavy (non-hydrogen) atoms. The molecule has 1 fully saturated rings. The standard InChI is InChI=1S/C20H16ClFN4O3/c21-14-8-12(5-6-15(14)22)24-18(27)10-26-19(28)17(25-20(26)29)7-11-9-23-16-4-2-1-3-13(11)16/h1-6,8-9,17,23H,7,10H2,(H,24,27)(H,25,29)/t17-/m1/s1. The summed E-state index contributed by atoms with van der Waals surface area (Å²) in [7, 11) is 0. The Labute approximate surface area is 169 Å². The van der Waals surface area contributed by atoms with Crippen LogP contribution in [0.15, 0.2) is 48.7 Å². The first kappa shape index (κ1) is 18.9. The number of amides is 4. The highest BCUT2D eigenvalue weighted by Gasteiger charge is 2.39. The molecule has 9 heteroatoms. The fourth-order valence-electron chi connectivity index (χ4n) is 3.30. The predicted molar refractivity (Wildman–Crippen MR) is 106 cm³/mol. The summed E-state index contributed by atoms with van der Waals surface area (Å²) in [6.45, 7) is -0.454. The SMILES string of the molecule is O=C(CN1C(=O)N[C@H](Cc2c[nH]c3ccccc23)C1=O)Nc1ccc(F)c(Cl)c1. The van der Waals surface area contributed by atoms with E-state index in [1.165, 1.54) is 12.1 Å². The van der Waals surface area contributed by atoms with Crippen LogP contribution in [0.25, 0.3) is 10.9 Å². The number of anilines is 1. The topological polar surface area (TPSA) is 94.3 Å². The third kappa shape index (κ3) is 3.79. The minimum atomic E-state index is -0.755. The first-order valence-electron chi connectivity index (χ1n) is 8.84. The van der Waals surface area contributed by atoms with E-state index < -0.39 is 36.2 Å². The Morgan fingerprint density at radius 3 is 2.79 bits per heavy atom. The molecular formula is C20H16ClFN4O3. The van der Waals surface area contributed by atoms with Gasteiger partial charge in [0.15, 0.2) is 0 Å². The number of para-hydroxylation sites is 1. The molecule has 4 rings (SSSR count). The van der Waals surface area contributed by atoms with E-state index in [1.54, 1.807) is 6.20 Å². The molecule has 1 aliphatic heterocycles. The summed E-state index contributed by atoms with van der Waals surface area (Å²) in [5.74, 6) is -1.68. The van der Waals surface area contributed by atoms with Crippen LogP contribution in [0.4, 0.5) is 14.9 Å². The molecule has 3 N–H and O–H groups in total. The monoisotopic (exact) mass is 414 g/mol. The second-order valence-corrected chi connectivity index (χ2v) is 7.07. The number of hydrogen-bond donors (Lipinski definition) is 3. The van der Waals surface area contributed by atoms with Crippen molar-refractivity contribution in [2.24, 2.45) is 0 Å². The van der Waals surface area contributed by atoms with Crippen molar-refractivity contribution in [2.45, 2.75) is 12.5 Å². The summed E-state index contributed by atoms with van der Waals surface area (Å²) in [4.78, 5) is 41.1. The van der Waals surface area contributed by atoms with Gasteiger partial charge in [0.1, 0.15) is 18.4 Å². The second kappa shape index (κ2) is 7.56. The van der Waals surface area contributed by atoms with E-state index in [1.807, 2.05) is 24.3 Å². The normalized spacial score (nSPS) is 16.3. The Morgan fingerprint density at radius 1 is 1.21 bits per heavy atom. The van der Waals surface area contributed by atoms with Gasteiger partial charge in [-0.25, -0.2) is 9.18 Å². The van der Waals surface area contributed by atoms with Crippen LogP contribution in [0.5, 0.6) is 0 Å². The van der Waals surface area contributed by atoms with E-state index in [0.717, 1.165) is 27.4 Å². The lowest BCUT2D eigenvalue weighted by Crippen LogP contribution is -2.38. The van der Waals surface area contributed by atoms with Gasteiger partial charge in [-0.05, 0) is 29.8 Å². The van der Waals surface area contributed by atoms with Gasteiger partial charge in [-0.1, -0.05) is 29.8 Å². The van der Waals surface area contributed by atoms with Crippen LogP contribution in [0.1, 0.15) is 5.56 Å². The fourth-order valence-corrected chi connectivity index (χ4v) is 3.48. The van der Waals surface area contributed by atoms with E-state index in [0.29, 0.717) is 6.42 Å². The van der Waals surface area contributed by atoms with Crippen molar-refractivity contribution in [1.82, 2.24) is 15.2 Å². The van der Waals surface area contributed by atoms with Crippen LogP contribution in [-0.4, -0.2) is 40.3 Å². The van der Waals surface area contributed by atoms with Gasteiger partial charge in [-0.15, -0.1) is 0 Å². The zero-order valence-corrected chi connectivity index (χ0v) is 15.8. The Hall–Kier alpha value is -3.39. The number of nitrogens with zero attached hydrogens (tertiary/aromatic N) is 1. The number of nitrogens with one attached hydrogen (secondary N) is 3. The van der Waals surface area contributed by atoms with Crippen LogP contribution >= 0.6 is 11.6 Å². The van der Waals surface area contributed by atoms with Gasteiger partial charge in [0, 0.05) is 29.2 Å². The molecule has 1 saturated heterocycles. The highest BCUT2D eigenvalue weighted by Crippen LogP contribution is 2.22. The van der Waals surface area contributed by atoms with Gasteiger partial charge in [0.2, 0.25) is 5.91 Å². The average molecular weight is 415 g/mol. The second-order valence-electron chi connectivity index (χ2n) is 6.67. The number of imide groups is 1. The predicted octanol–water partition coefficient (Wildman–Crippen LogP) is 3.06. The third-order valence-electron chi connectivity index (χ3n) is 4.71. The zero-order chi connectivity index (χ0) is 20.5. The fraction of sp³-hybridized carbons (Fsp3) is 0.150. The van der Waals surface area contributed by atoms with Crippen LogP contribution < -0.4 is 10.6 Å². The lowest BCUT2D eigenvalue weighted by molar-refractivity contribution is -0.130. The molecule has 2 heterocycles. The van der Waals surface area contributed by atoms with E-state index in [9.17, 15) is 18.8 Å². The first-order valence-corrected chi connectivity index (χ1v) is 9.22. The van der Waals surface area contributed by atoms with Gasteiger partial charge in [-0.3, -0.25) is 14.5 Å². The number of benzene rings is 2. The summed E-state index contributed by atoms with van der Waals surface area (Å²) in [5, 5.41) is 5.94. The number of carbonyl (C=O) groups excluding carboxylic acids is 3. The molecule has 2 aromatic carbocycles. The van der Waals surface area contributed by atoms with Crippen LogP contribution in [-0.2, 0) is 16.0 Å². The van der Waals surface area contributed by atoms with Crippen molar-refractivity contribution in [1.29, 1.82) is 0 Å². The number of urea groups is 1. The largest absolute Gasteiger partial charge is 0.361 e. The van der Waals surface area contributed by atoms with Gasteiger partial charge < -0.3 is 15.6 Å². The minimum Gasteiger partial charge on any atom is -0.361 e. The summed E-state index contributed by atoms with van der Waals surface area (Å²) >= 11 is 5.68. The van der Waals surface area contributed by atoms with Gasteiger partial charge >= 0.3 is 6.03 Å². The number of aromatic amines is 1. The average Bonchev–Trinajstić information content (AvgIpc) is 3.21. The highest BCUT2D eigenvalue weighted by molar-refractivity contribution is 6.31. The molecular weight excluding hydrogens is 399 g/mol. The maximum Gasteiger partial charge on any atom is 0.325 e. The molecule has 1 aliphatic rings. The lowest BCUT2D eigenvalue weighted by Gasteiger charge is -2.13. The third-order valence-corrected chi connectivity index (χ3v) is 5.00. The Bertz CT molecular complexity index is 1130. The first-order chi connectivity index (χ1) is 13.9. The minimum absolute atomic E-state index is 0.142. The molecule has 7 nitrogen and oxygen atoms in total. The van der Waals surface area contributed by atoms with Gasteiger partial charge in [0.05, 0.1) is 5.02 Å². The van der Waals surface area contributed by atoms with Gasteiger partial charge in [-0.2, -0.15) is 0 Å². The van der Waals surface area contributed by atoms with Crippen LogP contribution in [0, 0.1) is 5.82 Å². The number of fused-ring (bicyclic) bond motifs is 1. The summed E-state index contributed by atoms with van der Waals surface area (Å²) < 4.78 is 13.2. The number of halogens is 2. The molecule has 4 amide bonds. The molecule has 0 saturated carbocycles. The number of hydrogen-bond acceptors (Lipinski definition) is 3. The Morgan fingerprint density at radius 2 is 2.00 bits per heavy atom. The van der Waals surface area contributed by atoms with E-state index in [4.69, 9.17) is 11.6 Å². The highest BCUT2D eigenvalue weighted by atomic mass is 35.5. The lowest BCUT2D eigenvalue weighted by atomic mass is 10.1. The molecule has 0 radical (unpaired) electrons. The summed E-state index contributed by atoms with van der Waals surface area (Å²) in [5.41, 5.74) is 2.10. The zero-order valence-electron chi connectivity index (χ0n) is 15.0. The molecule has 0 unspecified atom stereocenters. The Balaban J connectivity index is 1.42. The molecule has 0 aliphatic carbocycles. The van der Waals surface area contributed by atoms with Crippen molar-refractivity contribution in [3.8, 4) is 0 Å². The molecule has 0 spiro atoms. The van der Waals surface area contributed by atoms with Gasteiger partial charge in [0.25, 0.3) is 5.91 Å². The van der Waals surface area contributed by atoms with Crippen molar-refractivity contribution in [3.05, 3.63) is 65.1 Å². The van der Waals surface area contributed by atoms with E-state index >= 15 is 0 Å². The number of carbonyl (C=O) groups is 3. The maximum atomic E-state index is 13.2. The molecule has 148 valence electrons. The van der Waals surface area contributed by atoms with Crippen molar-refractivity contribution in [2.75, 3.05) is 11.9 Å². The van der Waals surface area contributed by atoms with Crippen molar-refractivity contribution < 1.29 is 18.8 Å². The molecule has 3 aromatic rings. The van der Waals surface area contributed by atoms with E-state index in [-0.39, 0.29) is 10.7 Å². The van der Waals surface area contributed by atoms with Crippen molar-refractivity contribution >= 4 is 46.0 Å². The van der Waals surface area contributed by atoms with Crippen LogP contribution in [0.3, 0.4) is 0 Å². The number of aromatic nitrogens is 1. The molecule has 1 aromatic heterocycles. The summed E-state index contributed by atoms with van der Waals surface area (Å²) in [6, 6.07) is 9.97. The molecule has 1 atom stereocenters. The quantitative estimate of drug-likeness (QED) is 0.560. The molecule has 0 bridgehead atoms. The van der Waals surface area contributed by atoms with Crippen LogP contribution in [0.2, 0.25) is 5.02 Å². The maximum absolute atomic E-state index is 13.2. The van der Waals surface area contributed by atoms with Crippen molar-refractivity contribution in [3.63, 3.8) is 0 Å².